The molecule has 0 amide bonds. The van der Waals surface area contributed by atoms with Crippen LogP contribution in [0.4, 0.5) is 0 Å². The van der Waals surface area contributed by atoms with Crippen molar-refractivity contribution in [3.8, 4) is 5.75 Å². The van der Waals surface area contributed by atoms with Crippen LogP contribution in [0.2, 0.25) is 0 Å². The maximum absolute atomic E-state index is 5.35. The largest absolute Gasteiger partial charge is 0.496 e. The van der Waals surface area contributed by atoms with E-state index in [0.29, 0.717) is 5.41 Å². The Kier molecular flexibility index (Phi) is 1.83. The molecule has 13 heavy (non-hydrogen) atoms. The molecule has 0 unspecified atom stereocenters. The Bertz CT molecular complexity index is 326. The van der Waals surface area contributed by atoms with Gasteiger partial charge in [-0.25, -0.2) is 0 Å². The van der Waals surface area contributed by atoms with Crippen LogP contribution < -0.4 is 4.74 Å². The normalized spacial score (nSPS) is 18.4. The fourth-order valence-electron chi connectivity index (χ4n) is 2.22. The van der Waals surface area contributed by atoms with Gasteiger partial charge in [-0.05, 0) is 35.4 Å². The van der Waals surface area contributed by atoms with E-state index >= 15 is 0 Å². The molecule has 2 rings (SSSR count). The van der Waals surface area contributed by atoms with E-state index < -0.39 is 0 Å². The fraction of sp³-hybridized carbons (Fsp3) is 0.500. The summed E-state index contributed by atoms with van der Waals surface area (Å²) in [4.78, 5) is 0. The van der Waals surface area contributed by atoms with E-state index in [1.807, 2.05) is 0 Å². The number of benzene rings is 1. The molecule has 0 radical (unpaired) electrons. The fourth-order valence-corrected chi connectivity index (χ4v) is 2.22. The molecule has 0 saturated carbocycles. The zero-order chi connectivity index (χ0) is 9.47. The number of rotatable bonds is 1. The van der Waals surface area contributed by atoms with Gasteiger partial charge in [0.15, 0.2) is 0 Å². The number of methoxy groups -OCH3 is 1. The van der Waals surface area contributed by atoms with Crippen LogP contribution in [0.15, 0.2) is 18.2 Å². The first kappa shape index (κ1) is 8.61. The van der Waals surface area contributed by atoms with E-state index in [9.17, 15) is 0 Å². The van der Waals surface area contributed by atoms with Crippen molar-refractivity contribution in [3.05, 3.63) is 29.3 Å². The van der Waals surface area contributed by atoms with Crippen molar-refractivity contribution in [1.82, 2.24) is 0 Å². The van der Waals surface area contributed by atoms with E-state index in [1.54, 1.807) is 7.11 Å². The van der Waals surface area contributed by atoms with E-state index in [2.05, 4.69) is 32.0 Å². The number of ether oxygens (including phenoxy) is 1. The second-order valence-electron chi connectivity index (χ2n) is 4.37. The third kappa shape index (κ3) is 1.23. The molecular weight excluding hydrogens is 160 g/mol. The highest BCUT2D eigenvalue weighted by Gasteiger charge is 2.31. The molecule has 0 aromatic heterocycles. The Morgan fingerprint density at radius 2 is 2.08 bits per heavy atom. The molecule has 0 aliphatic heterocycles. The lowest BCUT2D eigenvalue weighted by Crippen LogP contribution is -2.11. The quantitative estimate of drug-likeness (QED) is 0.639. The summed E-state index contributed by atoms with van der Waals surface area (Å²) >= 11 is 0. The molecule has 0 N–H and O–H groups in total. The first-order valence-corrected chi connectivity index (χ1v) is 4.81. The zero-order valence-corrected chi connectivity index (χ0v) is 8.55. The maximum Gasteiger partial charge on any atom is 0.122 e. The van der Waals surface area contributed by atoms with Crippen LogP contribution in [-0.4, -0.2) is 7.11 Å². The van der Waals surface area contributed by atoms with Crippen molar-refractivity contribution < 1.29 is 4.74 Å². The number of fused-ring (bicyclic) bond motifs is 1. The molecule has 1 aromatic carbocycles. The van der Waals surface area contributed by atoms with Gasteiger partial charge in [-0.15, -0.1) is 0 Å². The van der Waals surface area contributed by atoms with Gasteiger partial charge in [-0.1, -0.05) is 26.0 Å². The summed E-state index contributed by atoms with van der Waals surface area (Å²) in [5.41, 5.74) is 3.21. The topological polar surface area (TPSA) is 9.23 Å². The second kappa shape index (κ2) is 2.76. The summed E-state index contributed by atoms with van der Waals surface area (Å²) in [6, 6.07) is 6.37. The van der Waals surface area contributed by atoms with Crippen molar-refractivity contribution in [3.63, 3.8) is 0 Å². The van der Waals surface area contributed by atoms with Gasteiger partial charge in [0.1, 0.15) is 5.75 Å². The van der Waals surface area contributed by atoms with Gasteiger partial charge in [-0.3, -0.25) is 0 Å². The predicted octanol–water partition coefficient (Wildman–Crippen LogP) is 2.92. The first-order valence-electron chi connectivity index (χ1n) is 4.81. The lowest BCUT2D eigenvalue weighted by atomic mass is 9.87. The van der Waals surface area contributed by atoms with Crippen LogP contribution in [-0.2, 0) is 11.8 Å². The highest BCUT2D eigenvalue weighted by atomic mass is 16.5. The number of hydrogen-bond donors (Lipinski definition) is 0. The minimum atomic E-state index is 0.337. The van der Waals surface area contributed by atoms with Crippen molar-refractivity contribution in [2.24, 2.45) is 0 Å². The van der Waals surface area contributed by atoms with Crippen molar-refractivity contribution in [2.45, 2.75) is 32.1 Å². The van der Waals surface area contributed by atoms with Crippen LogP contribution in [0, 0.1) is 0 Å². The van der Waals surface area contributed by atoms with Gasteiger partial charge >= 0.3 is 0 Å². The zero-order valence-electron chi connectivity index (χ0n) is 8.55. The molecule has 1 aliphatic rings. The third-order valence-electron chi connectivity index (χ3n) is 3.08. The Morgan fingerprint density at radius 3 is 2.77 bits per heavy atom. The van der Waals surface area contributed by atoms with Gasteiger partial charge in [-0.2, -0.15) is 0 Å². The first-order chi connectivity index (χ1) is 6.15. The van der Waals surface area contributed by atoms with Gasteiger partial charge in [0.2, 0.25) is 0 Å². The van der Waals surface area contributed by atoms with Gasteiger partial charge in [0.05, 0.1) is 7.11 Å². The average Bonchev–Trinajstić information content (AvgIpc) is 2.43. The SMILES string of the molecule is COc1cccc2c1CCC2(C)C. The Morgan fingerprint density at radius 1 is 1.31 bits per heavy atom. The second-order valence-corrected chi connectivity index (χ2v) is 4.37. The van der Waals surface area contributed by atoms with Gasteiger partial charge in [0.25, 0.3) is 0 Å². The average molecular weight is 176 g/mol. The summed E-state index contributed by atoms with van der Waals surface area (Å²) < 4.78 is 5.35. The maximum atomic E-state index is 5.35. The molecule has 0 fully saturated rings. The molecule has 1 heteroatoms. The van der Waals surface area contributed by atoms with E-state index in [-0.39, 0.29) is 0 Å². The smallest absolute Gasteiger partial charge is 0.122 e. The lowest BCUT2D eigenvalue weighted by molar-refractivity contribution is 0.410. The summed E-state index contributed by atoms with van der Waals surface area (Å²) in [5, 5.41) is 0. The summed E-state index contributed by atoms with van der Waals surface area (Å²) in [5.74, 6) is 1.06. The van der Waals surface area contributed by atoms with E-state index in [0.717, 1.165) is 12.2 Å². The lowest BCUT2D eigenvalue weighted by Gasteiger charge is -2.18. The molecule has 0 heterocycles. The summed E-state index contributed by atoms with van der Waals surface area (Å²) in [7, 11) is 1.75. The van der Waals surface area contributed by atoms with Crippen molar-refractivity contribution >= 4 is 0 Å². The van der Waals surface area contributed by atoms with Gasteiger partial charge < -0.3 is 4.74 Å². The monoisotopic (exact) mass is 176 g/mol. The summed E-state index contributed by atoms with van der Waals surface area (Å²) in [6.07, 6.45) is 2.40. The molecule has 0 bridgehead atoms. The van der Waals surface area contributed by atoms with Gasteiger partial charge in [0, 0.05) is 0 Å². The third-order valence-corrected chi connectivity index (χ3v) is 3.08. The molecule has 0 spiro atoms. The van der Waals surface area contributed by atoms with E-state index in [1.165, 1.54) is 17.5 Å². The standard InChI is InChI=1S/C12H16O/c1-12(2)8-7-9-10(12)5-4-6-11(9)13-3/h4-6H,7-8H2,1-3H3. The van der Waals surface area contributed by atoms with Crippen LogP contribution in [0.3, 0.4) is 0 Å². The highest BCUT2D eigenvalue weighted by Crippen LogP contribution is 2.41. The molecule has 1 aromatic rings. The molecule has 1 nitrogen and oxygen atoms in total. The Balaban J connectivity index is 2.56. The van der Waals surface area contributed by atoms with E-state index in [4.69, 9.17) is 4.74 Å². The van der Waals surface area contributed by atoms with Crippen LogP contribution in [0.1, 0.15) is 31.4 Å². The summed E-state index contributed by atoms with van der Waals surface area (Å²) in [6.45, 7) is 4.61. The van der Waals surface area contributed by atoms with Crippen molar-refractivity contribution in [1.29, 1.82) is 0 Å². The number of hydrogen-bond acceptors (Lipinski definition) is 1. The van der Waals surface area contributed by atoms with Crippen LogP contribution in [0.25, 0.3) is 0 Å². The van der Waals surface area contributed by atoms with Crippen LogP contribution in [0.5, 0.6) is 5.75 Å². The molecule has 0 saturated heterocycles. The molecular formula is C12H16O. The minimum absolute atomic E-state index is 0.337. The molecule has 0 atom stereocenters. The minimum Gasteiger partial charge on any atom is -0.496 e. The Labute approximate surface area is 79.7 Å². The Hall–Kier alpha value is -0.980. The highest BCUT2D eigenvalue weighted by molar-refractivity contribution is 5.47. The predicted molar refractivity (Wildman–Crippen MR) is 54.3 cm³/mol. The van der Waals surface area contributed by atoms with Crippen molar-refractivity contribution in [2.75, 3.05) is 7.11 Å². The van der Waals surface area contributed by atoms with Crippen LogP contribution >= 0.6 is 0 Å². The molecule has 1 aliphatic carbocycles. The molecule has 70 valence electrons.